The van der Waals surface area contributed by atoms with Crippen molar-refractivity contribution in [3.05, 3.63) is 92.9 Å². The van der Waals surface area contributed by atoms with Crippen molar-refractivity contribution in [2.45, 2.75) is 18.4 Å². The summed E-state index contributed by atoms with van der Waals surface area (Å²) in [6, 6.07) is 17.9. The van der Waals surface area contributed by atoms with Gasteiger partial charge in [0, 0.05) is 27.3 Å². The Balaban J connectivity index is 1.90. The van der Waals surface area contributed by atoms with Crippen molar-refractivity contribution in [1.29, 1.82) is 0 Å². The Morgan fingerprint density at radius 1 is 0.935 bits per heavy atom. The van der Waals surface area contributed by atoms with Crippen LogP contribution >= 0.6 is 34.8 Å². The van der Waals surface area contributed by atoms with E-state index in [9.17, 15) is 13.2 Å². The molecule has 0 aliphatic carbocycles. The number of halogens is 3. The van der Waals surface area contributed by atoms with Crippen LogP contribution in [-0.4, -0.2) is 25.2 Å². The fourth-order valence-corrected chi connectivity index (χ4v) is 4.98. The number of rotatable bonds is 7. The predicted octanol–water partition coefficient (Wildman–Crippen LogP) is 5.78. The number of amides is 1. The second-order valence-electron chi connectivity index (χ2n) is 6.88. The van der Waals surface area contributed by atoms with Crippen LogP contribution in [0.25, 0.3) is 0 Å². The van der Waals surface area contributed by atoms with Gasteiger partial charge in [-0.25, -0.2) is 8.42 Å². The molecule has 162 valence electrons. The summed E-state index contributed by atoms with van der Waals surface area (Å²) in [6.45, 7) is 1.37. The summed E-state index contributed by atoms with van der Waals surface area (Å²) >= 11 is 18.2. The lowest BCUT2D eigenvalue weighted by Gasteiger charge is -2.22. The van der Waals surface area contributed by atoms with Crippen molar-refractivity contribution in [1.82, 2.24) is 4.31 Å². The summed E-state index contributed by atoms with van der Waals surface area (Å²) in [5.74, 6) is -0.541. The number of anilines is 1. The summed E-state index contributed by atoms with van der Waals surface area (Å²) in [5.41, 5.74) is 1.87. The number of hydrogen-bond acceptors (Lipinski definition) is 3. The average molecular weight is 498 g/mol. The largest absolute Gasteiger partial charge is 0.325 e. The van der Waals surface area contributed by atoms with Gasteiger partial charge in [-0.15, -0.1) is 0 Å². The molecule has 0 saturated carbocycles. The van der Waals surface area contributed by atoms with Gasteiger partial charge >= 0.3 is 0 Å². The number of carbonyl (C=O) groups is 1. The molecule has 0 bridgehead atoms. The van der Waals surface area contributed by atoms with Crippen molar-refractivity contribution < 1.29 is 13.2 Å². The van der Waals surface area contributed by atoms with Gasteiger partial charge < -0.3 is 5.32 Å². The fourth-order valence-electron chi connectivity index (χ4n) is 2.89. The van der Waals surface area contributed by atoms with Crippen LogP contribution in [0.1, 0.15) is 11.1 Å². The Morgan fingerprint density at radius 3 is 2.16 bits per heavy atom. The quantitative estimate of drug-likeness (QED) is 0.449. The lowest BCUT2D eigenvalue weighted by atomic mass is 10.2. The highest BCUT2D eigenvalue weighted by molar-refractivity contribution is 7.89. The average Bonchev–Trinajstić information content (AvgIpc) is 2.68. The van der Waals surface area contributed by atoms with E-state index in [4.69, 9.17) is 34.8 Å². The Labute approximate surface area is 196 Å². The van der Waals surface area contributed by atoms with Crippen molar-refractivity contribution >= 4 is 56.4 Å². The van der Waals surface area contributed by atoms with Gasteiger partial charge in [0.25, 0.3) is 0 Å². The lowest BCUT2D eigenvalue weighted by Crippen LogP contribution is -2.37. The van der Waals surface area contributed by atoms with Gasteiger partial charge in [-0.2, -0.15) is 4.31 Å². The molecule has 3 rings (SSSR count). The molecular weight excluding hydrogens is 479 g/mol. The van der Waals surface area contributed by atoms with E-state index >= 15 is 0 Å². The molecule has 0 fully saturated rings. The van der Waals surface area contributed by atoms with E-state index in [1.165, 1.54) is 30.3 Å². The molecule has 0 radical (unpaired) electrons. The third kappa shape index (κ3) is 6.21. The second kappa shape index (κ2) is 10.0. The number of nitrogens with zero attached hydrogens (tertiary/aromatic N) is 1. The number of hydrogen-bond donors (Lipinski definition) is 1. The van der Waals surface area contributed by atoms with Crippen LogP contribution < -0.4 is 5.32 Å². The first-order valence-corrected chi connectivity index (χ1v) is 11.8. The number of benzene rings is 3. The molecule has 31 heavy (non-hydrogen) atoms. The van der Waals surface area contributed by atoms with Crippen LogP contribution in [0.3, 0.4) is 0 Å². The molecule has 0 heterocycles. The maximum absolute atomic E-state index is 13.3. The first-order chi connectivity index (χ1) is 14.6. The van der Waals surface area contributed by atoms with Crippen LogP contribution in [0.2, 0.25) is 15.1 Å². The Morgan fingerprint density at radius 2 is 1.55 bits per heavy atom. The summed E-state index contributed by atoms with van der Waals surface area (Å²) < 4.78 is 27.7. The molecule has 1 N–H and O–H groups in total. The van der Waals surface area contributed by atoms with Crippen molar-refractivity contribution in [3.8, 4) is 0 Å². The van der Waals surface area contributed by atoms with Gasteiger partial charge in [-0.05, 0) is 48.9 Å². The standard InChI is InChI=1S/C22H19Cl3N2O3S/c1-15-6-8-20(9-7-15)31(29,30)27(13-16-4-2-3-5-21(16)25)14-22(28)26-19-11-17(23)10-18(24)12-19/h2-12H,13-14H2,1H3,(H,26,28). The topological polar surface area (TPSA) is 66.5 Å². The molecule has 0 aliphatic rings. The third-order valence-electron chi connectivity index (χ3n) is 4.43. The third-order valence-corrected chi connectivity index (χ3v) is 7.04. The minimum atomic E-state index is -3.97. The zero-order valence-corrected chi connectivity index (χ0v) is 19.6. The maximum atomic E-state index is 13.3. The van der Waals surface area contributed by atoms with Crippen LogP contribution in [0.4, 0.5) is 5.69 Å². The SMILES string of the molecule is Cc1ccc(S(=O)(=O)N(CC(=O)Nc2cc(Cl)cc(Cl)c2)Cc2ccccc2Cl)cc1. The van der Waals surface area contributed by atoms with Crippen molar-refractivity contribution in [2.24, 2.45) is 0 Å². The predicted molar refractivity (Wildman–Crippen MR) is 125 cm³/mol. The molecule has 3 aromatic carbocycles. The summed E-state index contributed by atoms with van der Waals surface area (Å²) in [5, 5.41) is 3.75. The highest BCUT2D eigenvalue weighted by Gasteiger charge is 2.27. The molecule has 1 amide bonds. The van der Waals surface area contributed by atoms with Gasteiger partial charge in [0.2, 0.25) is 15.9 Å². The molecule has 9 heteroatoms. The monoisotopic (exact) mass is 496 g/mol. The van der Waals surface area contributed by atoms with Crippen molar-refractivity contribution in [2.75, 3.05) is 11.9 Å². The molecule has 0 unspecified atom stereocenters. The zero-order chi connectivity index (χ0) is 22.6. The molecule has 0 atom stereocenters. The lowest BCUT2D eigenvalue weighted by molar-refractivity contribution is -0.116. The van der Waals surface area contributed by atoms with E-state index < -0.39 is 22.5 Å². The van der Waals surface area contributed by atoms with Gasteiger partial charge in [-0.1, -0.05) is 70.7 Å². The van der Waals surface area contributed by atoms with E-state index in [1.54, 1.807) is 36.4 Å². The maximum Gasteiger partial charge on any atom is 0.243 e. The van der Waals surface area contributed by atoms with E-state index in [1.807, 2.05) is 6.92 Å². The summed E-state index contributed by atoms with van der Waals surface area (Å²) in [6.07, 6.45) is 0. The van der Waals surface area contributed by atoms with Gasteiger partial charge in [0.1, 0.15) is 0 Å². The molecule has 0 saturated heterocycles. The molecule has 0 spiro atoms. The highest BCUT2D eigenvalue weighted by Crippen LogP contribution is 2.24. The van der Waals surface area contributed by atoms with Crippen molar-refractivity contribution in [3.63, 3.8) is 0 Å². The first kappa shape index (κ1) is 23.6. The van der Waals surface area contributed by atoms with E-state index in [-0.39, 0.29) is 11.4 Å². The van der Waals surface area contributed by atoms with E-state index in [0.29, 0.717) is 26.3 Å². The number of nitrogens with one attached hydrogen (secondary N) is 1. The second-order valence-corrected chi connectivity index (χ2v) is 10.1. The summed E-state index contributed by atoms with van der Waals surface area (Å²) in [7, 11) is -3.97. The number of carbonyl (C=O) groups excluding carboxylic acids is 1. The Kier molecular flexibility index (Phi) is 7.62. The molecular formula is C22H19Cl3N2O3S. The van der Waals surface area contributed by atoms with Gasteiger partial charge in [0.05, 0.1) is 11.4 Å². The van der Waals surface area contributed by atoms with Crippen LogP contribution in [0.15, 0.2) is 71.6 Å². The van der Waals surface area contributed by atoms with Crippen LogP contribution in [-0.2, 0) is 21.4 Å². The number of sulfonamides is 1. The van der Waals surface area contributed by atoms with Crippen LogP contribution in [0, 0.1) is 6.92 Å². The van der Waals surface area contributed by atoms with Crippen LogP contribution in [0.5, 0.6) is 0 Å². The fraction of sp³-hybridized carbons (Fsp3) is 0.136. The highest BCUT2D eigenvalue weighted by atomic mass is 35.5. The summed E-state index contributed by atoms with van der Waals surface area (Å²) in [4.78, 5) is 12.8. The zero-order valence-electron chi connectivity index (χ0n) is 16.5. The minimum absolute atomic E-state index is 0.0698. The first-order valence-electron chi connectivity index (χ1n) is 9.21. The van der Waals surface area contributed by atoms with Gasteiger partial charge in [-0.3, -0.25) is 4.79 Å². The number of aryl methyl sites for hydroxylation is 1. The smallest absolute Gasteiger partial charge is 0.243 e. The Bertz CT molecular complexity index is 1180. The molecule has 3 aromatic rings. The Hall–Kier alpha value is -2.09. The molecule has 5 nitrogen and oxygen atoms in total. The molecule has 0 aliphatic heterocycles. The minimum Gasteiger partial charge on any atom is -0.325 e. The normalized spacial score (nSPS) is 11.5. The van der Waals surface area contributed by atoms with E-state index in [2.05, 4.69) is 5.32 Å². The van der Waals surface area contributed by atoms with E-state index in [0.717, 1.165) is 9.87 Å². The molecule has 0 aromatic heterocycles. The van der Waals surface area contributed by atoms with Gasteiger partial charge in [0.15, 0.2) is 0 Å².